The van der Waals surface area contributed by atoms with Crippen LogP contribution in [0.3, 0.4) is 0 Å². The Bertz CT molecular complexity index is 747. The molecule has 0 bridgehead atoms. The molecule has 1 fully saturated rings. The van der Waals surface area contributed by atoms with Crippen molar-refractivity contribution in [2.24, 2.45) is 0 Å². The molecular weight excluding hydrogens is 587 g/mol. The van der Waals surface area contributed by atoms with Gasteiger partial charge in [-0.2, -0.15) is 0 Å². The van der Waals surface area contributed by atoms with E-state index >= 15 is 0 Å². The summed E-state index contributed by atoms with van der Waals surface area (Å²) in [6.45, 7) is 10.0. The molecule has 1 saturated heterocycles. The quantitative estimate of drug-likeness (QED) is 0.0415. The third-order valence-electron chi connectivity index (χ3n) is 9.62. The first kappa shape index (κ1) is 44.4. The van der Waals surface area contributed by atoms with Gasteiger partial charge in [-0.3, -0.25) is 10.2 Å². The molecule has 1 aliphatic rings. The van der Waals surface area contributed by atoms with Gasteiger partial charge in [0.2, 0.25) is 5.91 Å². The number of rotatable bonds is 35. The fourth-order valence-electron chi connectivity index (χ4n) is 6.51. The van der Waals surface area contributed by atoms with E-state index in [1.54, 1.807) is 0 Å². The van der Waals surface area contributed by atoms with Crippen LogP contribution in [0.5, 0.6) is 0 Å². The Balaban J connectivity index is 2.15. The van der Waals surface area contributed by atoms with E-state index in [4.69, 9.17) is 0 Å². The Morgan fingerprint density at radius 3 is 1.35 bits per heavy atom. The fourth-order valence-corrected chi connectivity index (χ4v) is 6.51. The van der Waals surface area contributed by atoms with Crippen molar-refractivity contribution < 1.29 is 4.79 Å². The van der Waals surface area contributed by atoms with Crippen LogP contribution in [-0.4, -0.2) is 48.5 Å². The zero-order chi connectivity index (χ0) is 34.4. The Hall–Kier alpha value is -1.65. The predicted octanol–water partition coefficient (Wildman–Crippen LogP) is 12.8. The van der Waals surface area contributed by atoms with Crippen molar-refractivity contribution in [2.75, 3.05) is 32.7 Å². The number of likely N-dealkylation sites (tertiary alicyclic amines) is 1. The zero-order valence-electron chi connectivity index (χ0n) is 32.3. The molecule has 0 saturated carbocycles. The lowest BCUT2D eigenvalue weighted by Crippen LogP contribution is -2.43. The van der Waals surface area contributed by atoms with Crippen LogP contribution >= 0.6 is 0 Å². The molecule has 0 radical (unpaired) electrons. The lowest BCUT2D eigenvalue weighted by molar-refractivity contribution is -0.126. The molecule has 1 N–H and O–H groups in total. The Kier molecular flexibility index (Phi) is 33.9. The number of hydrogen-bond donors (Lipinski definition) is 1. The highest BCUT2D eigenvalue weighted by atomic mass is 16.2. The van der Waals surface area contributed by atoms with Gasteiger partial charge >= 0.3 is 0 Å². The molecule has 0 atom stereocenters. The fraction of sp³-hybridized carbons (Fsp3) is 0.795. The van der Waals surface area contributed by atoms with Crippen LogP contribution in [0.2, 0.25) is 0 Å². The second kappa shape index (κ2) is 36.6. The van der Waals surface area contributed by atoms with Gasteiger partial charge < -0.3 is 4.90 Å². The smallest absolute Gasteiger partial charge is 0.234 e. The third kappa shape index (κ3) is 31.6. The molecule has 278 valence electrons. The normalized spacial score (nSPS) is 14.3. The number of unbranched alkanes of at least 4 members (excludes halogenated alkanes) is 18. The van der Waals surface area contributed by atoms with Crippen LogP contribution in [0.4, 0.5) is 0 Å². The minimum atomic E-state index is 0.217. The number of carbonyl (C=O) groups is 1. The van der Waals surface area contributed by atoms with Gasteiger partial charge in [0.15, 0.2) is 0 Å². The predicted molar refractivity (Wildman–Crippen MR) is 213 cm³/mol. The number of carbonyl (C=O) groups excluding carboxylic acids is 1. The van der Waals surface area contributed by atoms with E-state index in [1.165, 1.54) is 167 Å². The maximum Gasteiger partial charge on any atom is 0.234 e. The number of hydrogen-bond acceptors (Lipinski definition) is 3. The van der Waals surface area contributed by atoms with Gasteiger partial charge in [0.1, 0.15) is 0 Å². The second-order valence-corrected chi connectivity index (χ2v) is 14.3. The van der Waals surface area contributed by atoms with Crippen molar-refractivity contribution in [3.63, 3.8) is 0 Å². The summed E-state index contributed by atoms with van der Waals surface area (Å²) >= 11 is 0. The standard InChI is InChI=1S/C44H81N3O/c1-3-5-7-9-11-13-15-17-19-21-23-25-27-29-31-33-42-47(45-44(48)38-37-41-46-39-35-36-40-46)43-34-32-30-28-26-24-22-20-18-16-14-12-10-8-6-4-2/h11-14,17-20H,3-10,15-16,21-43H2,1-2H3,(H,45,48)/b13-11-,14-12-,19-17-,20-18-. The van der Waals surface area contributed by atoms with Crippen LogP contribution in [-0.2, 0) is 4.79 Å². The van der Waals surface area contributed by atoms with Crippen molar-refractivity contribution >= 4 is 5.91 Å². The highest BCUT2D eigenvalue weighted by molar-refractivity contribution is 5.75. The molecule has 48 heavy (non-hydrogen) atoms. The molecule has 1 rings (SSSR count). The summed E-state index contributed by atoms with van der Waals surface area (Å²) in [6, 6.07) is 0. The Labute approximate surface area is 300 Å². The van der Waals surface area contributed by atoms with E-state index in [1.807, 2.05) is 0 Å². The van der Waals surface area contributed by atoms with E-state index in [0.29, 0.717) is 6.42 Å². The summed E-state index contributed by atoms with van der Waals surface area (Å²) in [5.74, 6) is 0.217. The SMILES string of the molecule is CCCCC/C=C\C/C=C\CCCCCCCCN(CCCCCCCC/C=C\C/C=C\CCCCC)NC(=O)CCCN1CCCC1. The summed E-state index contributed by atoms with van der Waals surface area (Å²) in [6.07, 6.45) is 53.6. The molecule has 0 unspecified atom stereocenters. The van der Waals surface area contributed by atoms with Gasteiger partial charge in [-0.05, 0) is 116 Å². The summed E-state index contributed by atoms with van der Waals surface area (Å²) in [7, 11) is 0. The molecule has 0 aliphatic carbocycles. The number of allylic oxidation sites excluding steroid dienone is 8. The number of nitrogens with zero attached hydrogens (tertiary/aromatic N) is 2. The minimum Gasteiger partial charge on any atom is -0.303 e. The average molecular weight is 668 g/mol. The van der Waals surface area contributed by atoms with E-state index in [-0.39, 0.29) is 5.91 Å². The van der Waals surface area contributed by atoms with Crippen LogP contribution in [0.1, 0.15) is 194 Å². The van der Waals surface area contributed by atoms with E-state index in [0.717, 1.165) is 38.9 Å². The van der Waals surface area contributed by atoms with Crippen molar-refractivity contribution in [1.29, 1.82) is 0 Å². The van der Waals surface area contributed by atoms with Crippen molar-refractivity contribution in [3.05, 3.63) is 48.6 Å². The molecule has 1 amide bonds. The topological polar surface area (TPSA) is 35.6 Å². The van der Waals surface area contributed by atoms with Gasteiger partial charge in [0.05, 0.1) is 0 Å². The van der Waals surface area contributed by atoms with Gasteiger partial charge in [0, 0.05) is 19.5 Å². The number of amides is 1. The molecule has 1 heterocycles. The van der Waals surface area contributed by atoms with Crippen LogP contribution in [0.15, 0.2) is 48.6 Å². The highest BCUT2D eigenvalue weighted by Gasteiger charge is 2.13. The summed E-state index contributed by atoms with van der Waals surface area (Å²) in [5.41, 5.74) is 3.30. The summed E-state index contributed by atoms with van der Waals surface area (Å²) < 4.78 is 0. The molecule has 4 heteroatoms. The molecule has 0 spiro atoms. The lowest BCUT2D eigenvalue weighted by Gasteiger charge is -2.23. The third-order valence-corrected chi connectivity index (χ3v) is 9.62. The molecule has 0 aromatic heterocycles. The monoisotopic (exact) mass is 668 g/mol. The summed E-state index contributed by atoms with van der Waals surface area (Å²) in [4.78, 5) is 15.3. The first-order chi connectivity index (χ1) is 23.8. The Morgan fingerprint density at radius 2 is 0.917 bits per heavy atom. The second-order valence-electron chi connectivity index (χ2n) is 14.3. The van der Waals surface area contributed by atoms with Gasteiger partial charge in [-0.25, -0.2) is 5.01 Å². The molecule has 4 nitrogen and oxygen atoms in total. The van der Waals surface area contributed by atoms with Crippen LogP contribution in [0.25, 0.3) is 0 Å². The molecule has 1 aliphatic heterocycles. The maximum absolute atomic E-state index is 12.8. The molecule has 0 aromatic rings. The zero-order valence-corrected chi connectivity index (χ0v) is 32.3. The summed E-state index contributed by atoms with van der Waals surface area (Å²) in [5, 5.41) is 2.25. The number of nitrogens with one attached hydrogen (secondary N) is 1. The van der Waals surface area contributed by atoms with E-state index in [2.05, 4.69) is 77.8 Å². The largest absolute Gasteiger partial charge is 0.303 e. The van der Waals surface area contributed by atoms with Crippen LogP contribution in [0, 0.1) is 0 Å². The minimum absolute atomic E-state index is 0.217. The average Bonchev–Trinajstić information content (AvgIpc) is 3.61. The number of hydrazine groups is 1. The van der Waals surface area contributed by atoms with Crippen molar-refractivity contribution in [1.82, 2.24) is 15.3 Å². The first-order valence-electron chi connectivity index (χ1n) is 21.1. The maximum atomic E-state index is 12.8. The molecule has 0 aromatic carbocycles. The Morgan fingerprint density at radius 1 is 0.521 bits per heavy atom. The van der Waals surface area contributed by atoms with Gasteiger partial charge in [0.25, 0.3) is 0 Å². The first-order valence-corrected chi connectivity index (χ1v) is 21.1. The van der Waals surface area contributed by atoms with Gasteiger partial charge in [-0.1, -0.05) is 140 Å². The van der Waals surface area contributed by atoms with Crippen LogP contribution < -0.4 is 5.43 Å². The van der Waals surface area contributed by atoms with Gasteiger partial charge in [-0.15, -0.1) is 0 Å². The molecular formula is C44H81N3O. The highest BCUT2D eigenvalue weighted by Crippen LogP contribution is 2.12. The lowest BCUT2D eigenvalue weighted by atomic mass is 10.1. The van der Waals surface area contributed by atoms with E-state index < -0.39 is 0 Å². The van der Waals surface area contributed by atoms with Crippen molar-refractivity contribution in [3.8, 4) is 0 Å². The van der Waals surface area contributed by atoms with E-state index in [9.17, 15) is 4.79 Å². The van der Waals surface area contributed by atoms with Crippen molar-refractivity contribution in [2.45, 2.75) is 194 Å².